The summed E-state index contributed by atoms with van der Waals surface area (Å²) >= 11 is 0. The number of nitrogens with zero attached hydrogens (tertiary/aromatic N) is 2. The molecule has 1 N–H and O–H groups in total. The second-order valence-corrected chi connectivity index (χ2v) is 6.69. The predicted molar refractivity (Wildman–Crippen MR) is 113 cm³/mol. The van der Waals surface area contributed by atoms with Crippen LogP contribution in [0.2, 0.25) is 0 Å². The molecule has 29 heavy (non-hydrogen) atoms. The third kappa shape index (κ3) is 3.99. The van der Waals surface area contributed by atoms with Gasteiger partial charge in [0.2, 0.25) is 0 Å². The van der Waals surface area contributed by atoms with Gasteiger partial charge in [-0.3, -0.25) is 15.0 Å². The van der Waals surface area contributed by atoms with E-state index in [1.165, 1.54) is 5.01 Å². The zero-order chi connectivity index (χ0) is 20.2. The molecule has 1 aliphatic heterocycles. The standard InChI is InChI=1S/C24H19N3O2/c1-17-12-14-20(15-13-17)24(29)27-22(19-10-6-3-7-11-19)25-21(23(28)26-27)16-18-8-4-2-5-9-18/h2-16H,1H3,(H,26,28)/b21-16+. The van der Waals surface area contributed by atoms with Gasteiger partial charge in [0.05, 0.1) is 0 Å². The summed E-state index contributed by atoms with van der Waals surface area (Å²) in [5, 5.41) is 1.21. The van der Waals surface area contributed by atoms with E-state index in [2.05, 4.69) is 10.4 Å². The van der Waals surface area contributed by atoms with Crippen molar-refractivity contribution in [2.75, 3.05) is 0 Å². The van der Waals surface area contributed by atoms with Crippen molar-refractivity contribution >= 4 is 23.7 Å². The Morgan fingerprint density at radius 3 is 2.17 bits per heavy atom. The molecule has 0 bridgehead atoms. The van der Waals surface area contributed by atoms with E-state index in [4.69, 9.17) is 0 Å². The molecule has 5 heteroatoms. The van der Waals surface area contributed by atoms with E-state index >= 15 is 0 Å². The van der Waals surface area contributed by atoms with Crippen LogP contribution in [0, 0.1) is 6.92 Å². The SMILES string of the molecule is Cc1ccc(C(=O)N2NC(=O)/C(=C\c3ccccc3)N=C2c2ccccc2)cc1. The summed E-state index contributed by atoms with van der Waals surface area (Å²) in [6.07, 6.45) is 1.70. The van der Waals surface area contributed by atoms with E-state index in [-0.39, 0.29) is 11.6 Å². The van der Waals surface area contributed by atoms with Crippen molar-refractivity contribution in [3.8, 4) is 0 Å². The second kappa shape index (κ2) is 7.94. The zero-order valence-electron chi connectivity index (χ0n) is 15.9. The largest absolute Gasteiger partial charge is 0.288 e. The number of carbonyl (C=O) groups is 2. The third-order valence-electron chi connectivity index (χ3n) is 4.52. The maximum Gasteiger partial charge on any atom is 0.288 e. The van der Waals surface area contributed by atoms with Crippen molar-refractivity contribution in [3.05, 3.63) is 113 Å². The Balaban J connectivity index is 1.78. The fourth-order valence-corrected chi connectivity index (χ4v) is 2.98. The Morgan fingerprint density at radius 1 is 0.897 bits per heavy atom. The lowest BCUT2D eigenvalue weighted by molar-refractivity contribution is -0.120. The summed E-state index contributed by atoms with van der Waals surface area (Å²) in [6.45, 7) is 1.95. The van der Waals surface area contributed by atoms with Gasteiger partial charge in [0.15, 0.2) is 5.84 Å². The molecule has 0 radical (unpaired) electrons. The first kappa shape index (κ1) is 18.4. The minimum Gasteiger partial charge on any atom is -0.267 e. The van der Waals surface area contributed by atoms with Crippen LogP contribution < -0.4 is 5.43 Å². The molecular formula is C24H19N3O2. The van der Waals surface area contributed by atoms with E-state index in [1.54, 1.807) is 18.2 Å². The zero-order valence-corrected chi connectivity index (χ0v) is 15.9. The molecular weight excluding hydrogens is 362 g/mol. The molecule has 4 rings (SSSR count). The van der Waals surface area contributed by atoms with Gasteiger partial charge in [-0.25, -0.2) is 4.99 Å². The van der Waals surface area contributed by atoms with E-state index in [1.807, 2.05) is 79.7 Å². The Bertz CT molecular complexity index is 1100. The number of amidine groups is 1. The van der Waals surface area contributed by atoms with Crippen molar-refractivity contribution in [2.24, 2.45) is 4.99 Å². The van der Waals surface area contributed by atoms with E-state index in [0.29, 0.717) is 11.4 Å². The smallest absolute Gasteiger partial charge is 0.267 e. The van der Waals surface area contributed by atoms with E-state index < -0.39 is 5.91 Å². The lowest BCUT2D eigenvalue weighted by atomic mass is 10.1. The van der Waals surface area contributed by atoms with Gasteiger partial charge in [0.1, 0.15) is 5.70 Å². The van der Waals surface area contributed by atoms with Gasteiger partial charge in [-0.05, 0) is 30.7 Å². The van der Waals surface area contributed by atoms with Gasteiger partial charge in [-0.1, -0.05) is 78.4 Å². The quantitative estimate of drug-likeness (QED) is 0.698. The topological polar surface area (TPSA) is 61.8 Å². The molecule has 1 heterocycles. The Labute approximate surface area is 169 Å². The number of hydrazine groups is 1. The lowest BCUT2D eigenvalue weighted by Gasteiger charge is -2.28. The maximum absolute atomic E-state index is 13.1. The predicted octanol–water partition coefficient (Wildman–Crippen LogP) is 3.97. The summed E-state index contributed by atoms with van der Waals surface area (Å²) in [5.41, 5.74) is 6.03. The van der Waals surface area contributed by atoms with Crippen LogP contribution in [0.1, 0.15) is 27.0 Å². The molecule has 0 unspecified atom stereocenters. The monoisotopic (exact) mass is 381 g/mol. The number of rotatable bonds is 3. The number of hydrogen-bond acceptors (Lipinski definition) is 3. The van der Waals surface area contributed by atoms with Crippen molar-refractivity contribution in [1.82, 2.24) is 10.4 Å². The molecule has 142 valence electrons. The summed E-state index contributed by atoms with van der Waals surface area (Å²) in [5.74, 6) is -0.410. The van der Waals surface area contributed by atoms with Gasteiger partial charge in [0, 0.05) is 11.1 Å². The highest BCUT2D eigenvalue weighted by Crippen LogP contribution is 2.18. The molecule has 5 nitrogen and oxygen atoms in total. The number of hydrogen-bond donors (Lipinski definition) is 1. The second-order valence-electron chi connectivity index (χ2n) is 6.69. The summed E-state index contributed by atoms with van der Waals surface area (Å²) in [4.78, 5) is 30.4. The van der Waals surface area contributed by atoms with Gasteiger partial charge in [-0.15, -0.1) is 0 Å². The highest BCUT2D eigenvalue weighted by atomic mass is 16.2. The molecule has 0 aromatic heterocycles. The highest BCUT2D eigenvalue weighted by Gasteiger charge is 2.30. The lowest BCUT2D eigenvalue weighted by Crippen LogP contribution is -2.53. The number of carbonyl (C=O) groups excluding carboxylic acids is 2. The molecule has 0 aliphatic carbocycles. The molecule has 0 saturated heterocycles. The fraction of sp³-hybridized carbons (Fsp3) is 0.0417. The first-order chi connectivity index (χ1) is 14.1. The average molecular weight is 381 g/mol. The van der Waals surface area contributed by atoms with Crippen molar-refractivity contribution in [2.45, 2.75) is 6.92 Å². The molecule has 0 saturated carbocycles. The average Bonchev–Trinajstić information content (AvgIpc) is 2.76. The Morgan fingerprint density at radius 2 is 1.52 bits per heavy atom. The van der Waals surface area contributed by atoms with Crippen molar-refractivity contribution < 1.29 is 9.59 Å². The Hall–Kier alpha value is -3.99. The first-order valence-electron chi connectivity index (χ1n) is 9.25. The van der Waals surface area contributed by atoms with Crippen LogP contribution in [0.15, 0.2) is 95.6 Å². The molecule has 2 amide bonds. The van der Waals surface area contributed by atoms with Crippen LogP contribution in [0.4, 0.5) is 0 Å². The summed E-state index contributed by atoms with van der Waals surface area (Å²) < 4.78 is 0. The van der Waals surface area contributed by atoms with E-state index in [9.17, 15) is 9.59 Å². The molecule has 0 atom stereocenters. The van der Waals surface area contributed by atoms with Gasteiger partial charge >= 0.3 is 0 Å². The summed E-state index contributed by atoms with van der Waals surface area (Å²) in [6, 6.07) is 26.0. The first-order valence-corrected chi connectivity index (χ1v) is 9.25. The van der Waals surface area contributed by atoms with Gasteiger partial charge < -0.3 is 0 Å². The maximum atomic E-state index is 13.1. The minimum atomic E-state index is -0.436. The number of nitrogens with one attached hydrogen (secondary N) is 1. The summed E-state index contributed by atoms with van der Waals surface area (Å²) in [7, 11) is 0. The minimum absolute atomic E-state index is 0.239. The number of benzene rings is 3. The highest BCUT2D eigenvalue weighted by molar-refractivity contribution is 6.18. The van der Waals surface area contributed by atoms with Crippen molar-refractivity contribution in [3.63, 3.8) is 0 Å². The Kier molecular flexibility index (Phi) is 5.03. The van der Waals surface area contributed by atoms with Crippen LogP contribution in [0.3, 0.4) is 0 Å². The molecule has 1 aliphatic rings. The number of amides is 2. The molecule has 3 aromatic rings. The number of aliphatic imine (C=N–C) groups is 1. The number of aryl methyl sites for hydroxylation is 1. The molecule has 0 fully saturated rings. The van der Waals surface area contributed by atoms with Crippen LogP contribution in [-0.2, 0) is 4.79 Å². The van der Waals surface area contributed by atoms with Crippen LogP contribution in [-0.4, -0.2) is 22.7 Å². The molecule has 0 spiro atoms. The van der Waals surface area contributed by atoms with Gasteiger partial charge in [0.25, 0.3) is 11.8 Å². The van der Waals surface area contributed by atoms with Crippen LogP contribution in [0.25, 0.3) is 6.08 Å². The van der Waals surface area contributed by atoms with Gasteiger partial charge in [-0.2, -0.15) is 5.01 Å². The fourth-order valence-electron chi connectivity index (χ4n) is 2.98. The van der Waals surface area contributed by atoms with E-state index in [0.717, 1.165) is 16.7 Å². The van der Waals surface area contributed by atoms with Crippen LogP contribution >= 0.6 is 0 Å². The third-order valence-corrected chi connectivity index (χ3v) is 4.52. The van der Waals surface area contributed by atoms with Crippen LogP contribution in [0.5, 0.6) is 0 Å². The molecule has 3 aromatic carbocycles. The van der Waals surface area contributed by atoms with Crippen molar-refractivity contribution in [1.29, 1.82) is 0 Å². The normalized spacial score (nSPS) is 15.1.